The van der Waals surface area contributed by atoms with Crippen molar-refractivity contribution in [2.45, 2.75) is 19.6 Å². The maximum absolute atomic E-state index is 12.0. The fraction of sp³-hybridized carbons (Fsp3) is 0.238. The Balaban J connectivity index is 1.32. The van der Waals surface area contributed by atoms with Gasteiger partial charge in [0.1, 0.15) is 11.4 Å². The van der Waals surface area contributed by atoms with E-state index in [9.17, 15) is 4.79 Å². The van der Waals surface area contributed by atoms with Crippen molar-refractivity contribution in [2.75, 3.05) is 6.54 Å². The Kier molecular flexibility index (Phi) is 4.69. The van der Waals surface area contributed by atoms with E-state index in [4.69, 9.17) is 4.74 Å². The van der Waals surface area contributed by atoms with Crippen LogP contribution in [-0.2, 0) is 6.73 Å². The minimum Gasteiger partial charge on any atom is -0.471 e. The van der Waals surface area contributed by atoms with Crippen LogP contribution in [0.4, 0.5) is 0 Å². The molecule has 3 aromatic rings. The fourth-order valence-corrected chi connectivity index (χ4v) is 2.72. The Morgan fingerprint density at radius 2 is 1.77 bits per heavy atom. The summed E-state index contributed by atoms with van der Waals surface area (Å²) in [6.07, 6.45) is 4.18. The van der Waals surface area contributed by atoms with E-state index in [2.05, 4.69) is 22.5 Å². The second-order valence-corrected chi connectivity index (χ2v) is 6.56. The summed E-state index contributed by atoms with van der Waals surface area (Å²) in [7, 11) is 0. The average molecular weight is 347 g/mol. The number of carbonyl (C=O) groups excluding carboxylic acids is 1. The lowest BCUT2D eigenvalue weighted by Crippen LogP contribution is -2.26. The fourth-order valence-electron chi connectivity index (χ4n) is 2.72. The zero-order chi connectivity index (χ0) is 17.8. The molecule has 0 saturated heterocycles. The predicted octanol–water partition coefficient (Wildman–Crippen LogP) is 3.73. The molecule has 1 fully saturated rings. The van der Waals surface area contributed by atoms with Crippen LogP contribution in [0, 0.1) is 5.92 Å². The molecule has 4 rings (SSSR count). The molecule has 5 heteroatoms. The van der Waals surface area contributed by atoms with Gasteiger partial charge in [0.2, 0.25) is 0 Å². The first-order chi connectivity index (χ1) is 12.8. The zero-order valence-corrected chi connectivity index (χ0v) is 14.5. The summed E-state index contributed by atoms with van der Waals surface area (Å²) >= 11 is 0. The van der Waals surface area contributed by atoms with Gasteiger partial charge in [0.25, 0.3) is 5.91 Å². The van der Waals surface area contributed by atoms with E-state index < -0.39 is 0 Å². The summed E-state index contributed by atoms with van der Waals surface area (Å²) in [5.74, 6) is 1.30. The van der Waals surface area contributed by atoms with Gasteiger partial charge < -0.3 is 10.1 Å². The van der Waals surface area contributed by atoms with Crippen molar-refractivity contribution in [3.8, 4) is 16.9 Å². The number of hydrogen-bond donors (Lipinski definition) is 1. The number of nitrogens with one attached hydrogen (secondary N) is 1. The smallest absolute Gasteiger partial charge is 0.271 e. The van der Waals surface area contributed by atoms with Gasteiger partial charge in [-0.25, -0.2) is 4.68 Å². The van der Waals surface area contributed by atoms with Crippen molar-refractivity contribution >= 4 is 5.91 Å². The molecule has 2 aromatic carbocycles. The van der Waals surface area contributed by atoms with Gasteiger partial charge in [0, 0.05) is 12.7 Å². The van der Waals surface area contributed by atoms with Crippen molar-refractivity contribution in [1.82, 2.24) is 15.1 Å². The predicted molar refractivity (Wildman–Crippen MR) is 99.8 cm³/mol. The van der Waals surface area contributed by atoms with Crippen LogP contribution in [-0.4, -0.2) is 22.2 Å². The molecule has 1 saturated carbocycles. The maximum atomic E-state index is 12.0. The first-order valence-corrected chi connectivity index (χ1v) is 8.88. The van der Waals surface area contributed by atoms with Gasteiger partial charge in [-0.1, -0.05) is 42.5 Å². The van der Waals surface area contributed by atoms with E-state index in [1.165, 1.54) is 18.4 Å². The van der Waals surface area contributed by atoms with Crippen molar-refractivity contribution < 1.29 is 9.53 Å². The van der Waals surface area contributed by atoms with Crippen LogP contribution in [0.15, 0.2) is 66.9 Å². The van der Waals surface area contributed by atoms with Crippen LogP contribution in [0.5, 0.6) is 5.75 Å². The van der Waals surface area contributed by atoms with Crippen molar-refractivity contribution in [3.05, 3.63) is 72.6 Å². The third-order valence-corrected chi connectivity index (χ3v) is 4.45. The van der Waals surface area contributed by atoms with Gasteiger partial charge >= 0.3 is 0 Å². The normalized spacial score (nSPS) is 13.4. The van der Waals surface area contributed by atoms with Gasteiger partial charge in [0.05, 0.1) is 0 Å². The molecule has 1 amide bonds. The lowest BCUT2D eigenvalue weighted by molar-refractivity contribution is 0.0944. The molecule has 0 aliphatic heterocycles. The summed E-state index contributed by atoms with van der Waals surface area (Å²) in [6.45, 7) is 1.01. The minimum absolute atomic E-state index is 0.122. The lowest BCUT2D eigenvalue weighted by Gasteiger charge is -2.07. The molecule has 0 unspecified atom stereocenters. The maximum Gasteiger partial charge on any atom is 0.271 e. The first-order valence-electron chi connectivity index (χ1n) is 8.88. The van der Waals surface area contributed by atoms with Crippen LogP contribution in [0.3, 0.4) is 0 Å². The largest absolute Gasteiger partial charge is 0.471 e. The third kappa shape index (κ3) is 4.11. The van der Waals surface area contributed by atoms with Gasteiger partial charge in [-0.15, -0.1) is 0 Å². The van der Waals surface area contributed by atoms with E-state index >= 15 is 0 Å². The van der Waals surface area contributed by atoms with Crippen LogP contribution in [0.2, 0.25) is 0 Å². The number of hydrogen-bond acceptors (Lipinski definition) is 3. The van der Waals surface area contributed by atoms with E-state index in [-0.39, 0.29) is 12.6 Å². The Morgan fingerprint density at radius 1 is 1.04 bits per heavy atom. The molecule has 26 heavy (non-hydrogen) atoms. The van der Waals surface area contributed by atoms with E-state index in [1.807, 2.05) is 42.5 Å². The Hall–Kier alpha value is -3.08. The third-order valence-electron chi connectivity index (χ3n) is 4.45. The Morgan fingerprint density at radius 3 is 2.50 bits per heavy atom. The van der Waals surface area contributed by atoms with E-state index in [1.54, 1.807) is 16.9 Å². The molecule has 0 radical (unpaired) electrons. The molecular formula is C21H21N3O2. The quantitative estimate of drug-likeness (QED) is 0.708. The number of rotatable bonds is 7. The highest BCUT2D eigenvalue weighted by Crippen LogP contribution is 2.27. The van der Waals surface area contributed by atoms with Crippen LogP contribution < -0.4 is 10.1 Å². The van der Waals surface area contributed by atoms with Gasteiger partial charge in [0.15, 0.2) is 6.73 Å². The van der Waals surface area contributed by atoms with Crippen molar-refractivity contribution in [3.63, 3.8) is 0 Å². The Labute approximate surface area is 152 Å². The lowest BCUT2D eigenvalue weighted by atomic mass is 10.1. The number of carbonyl (C=O) groups is 1. The molecule has 1 aliphatic rings. The highest BCUT2D eigenvalue weighted by Gasteiger charge is 2.22. The minimum atomic E-state index is -0.122. The van der Waals surface area contributed by atoms with Crippen molar-refractivity contribution in [1.29, 1.82) is 0 Å². The van der Waals surface area contributed by atoms with Gasteiger partial charge in [-0.2, -0.15) is 5.10 Å². The second kappa shape index (κ2) is 7.44. The molecule has 1 N–H and O–H groups in total. The zero-order valence-electron chi connectivity index (χ0n) is 14.5. The highest BCUT2D eigenvalue weighted by atomic mass is 16.5. The number of nitrogens with zero attached hydrogens (tertiary/aromatic N) is 2. The molecule has 1 aliphatic carbocycles. The summed E-state index contributed by atoms with van der Waals surface area (Å²) in [4.78, 5) is 12.0. The number of ether oxygens (including phenoxy) is 1. The molecular weight excluding hydrogens is 326 g/mol. The average Bonchev–Trinajstić information content (AvgIpc) is 3.41. The SMILES string of the molecule is O=C(NCC1CC1)c1ccn(COc2ccc(-c3ccccc3)cc2)n1. The number of benzene rings is 2. The topological polar surface area (TPSA) is 56.2 Å². The van der Waals surface area contributed by atoms with Crippen molar-refractivity contribution in [2.24, 2.45) is 5.92 Å². The van der Waals surface area contributed by atoms with E-state index in [0.29, 0.717) is 11.6 Å². The molecule has 0 atom stereocenters. The number of amides is 1. The first kappa shape index (κ1) is 16.4. The second-order valence-electron chi connectivity index (χ2n) is 6.56. The highest BCUT2D eigenvalue weighted by molar-refractivity contribution is 5.92. The summed E-state index contributed by atoms with van der Waals surface area (Å²) in [5.41, 5.74) is 2.74. The summed E-state index contributed by atoms with van der Waals surface area (Å²) in [6, 6.07) is 19.9. The summed E-state index contributed by atoms with van der Waals surface area (Å²) < 4.78 is 7.38. The van der Waals surface area contributed by atoms with Crippen LogP contribution in [0.1, 0.15) is 23.3 Å². The molecule has 0 spiro atoms. The van der Waals surface area contributed by atoms with Gasteiger partial charge in [-0.3, -0.25) is 4.79 Å². The number of aromatic nitrogens is 2. The van der Waals surface area contributed by atoms with Crippen LogP contribution in [0.25, 0.3) is 11.1 Å². The molecule has 0 bridgehead atoms. The standard InChI is InChI=1S/C21H21N3O2/c25-21(22-14-16-6-7-16)20-12-13-24(23-20)15-26-19-10-8-18(9-11-19)17-4-2-1-3-5-17/h1-5,8-13,16H,6-7,14-15H2,(H,22,25). The molecule has 1 heterocycles. The molecule has 5 nitrogen and oxygen atoms in total. The Bertz CT molecular complexity index is 868. The molecule has 1 aromatic heterocycles. The van der Waals surface area contributed by atoms with Gasteiger partial charge in [-0.05, 0) is 48.1 Å². The van der Waals surface area contributed by atoms with Crippen LogP contribution >= 0.6 is 0 Å². The monoisotopic (exact) mass is 347 g/mol. The summed E-state index contributed by atoms with van der Waals surface area (Å²) in [5, 5.41) is 7.18. The molecule has 132 valence electrons. The van der Waals surface area contributed by atoms with E-state index in [0.717, 1.165) is 17.9 Å².